The highest BCUT2D eigenvalue weighted by atomic mass is 32.2. The Morgan fingerprint density at radius 2 is 1.87 bits per heavy atom. The molecule has 2 heterocycles. The second kappa shape index (κ2) is 7.19. The molecule has 2 aliphatic carbocycles. The van der Waals surface area contributed by atoms with Crippen LogP contribution in [0.3, 0.4) is 0 Å². The standard InChI is InChI=1S/C17H30N4OS/c22-16(18-11-12-6-2-1-3-7-12)19-17-21-14-9-5-4-8-13(14)10-15(21)20-23-17/h12-15,17,20H,1-11H2,(H2,18,19,22)/p+1. The lowest BCUT2D eigenvalue weighted by Crippen LogP contribution is -3.20. The van der Waals surface area contributed by atoms with Gasteiger partial charge >= 0.3 is 6.03 Å². The van der Waals surface area contributed by atoms with Gasteiger partial charge in [0.05, 0.1) is 6.04 Å². The fourth-order valence-electron chi connectivity index (χ4n) is 5.25. The molecule has 2 saturated heterocycles. The average molecular weight is 340 g/mol. The molecular formula is C17H31N4OS+. The third-order valence-corrected chi connectivity index (χ3v) is 7.49. The number of urea groups is 1. The van der Waals surface area contributed by atoms with Crippen LogP contribution in [0.4, 0.5) is 4.79 Å². The van der Waals surface area contributed by atoms with Gasteiger partial charge in [-0.3, -0.25) is 10.2 Å². The van der Waals surface area contributed by atoms with E-state index in [1.807, 2.05) is 0 Å². The number of rotatable bonds is 3. The number of carbonyl (C=O) groups excluding carboxylic acids is 1. The van der Waals surface area contributed by atoms with E-state index in [2.05, 4.69) is 15.4 Å². The summed E-state index contributed by atoms with van der Waals surface area (Å²) in [7, 11) is 0. The van der Waals surface area contributed by atoms with Crippen LogP contribution in [0, 0.1) is 11.8 Å². The first-order valence-corrected chi connectivity index (χ1v) is 10.5. The highest BCUT2D eigenvalue weighted by Gasteiger charge is 2.53. The van der Waals surface area contributed by atoms with Crippen LogP contribution in [0.5, 0.6) is 0 Å². The van der Waals surface area contributed by atoms with Gasteiger partial charge in [0.1, 0.15) is 0 Å². The van der Waals surface area contributed by atoms with Crippen LogP contribution in [-0.4, -0.2) is 30.3 Å². The minimum absolute atomic E-state index is 0.0299. The van der Waals surface area contributed by atoms with Crippen LogP contribution < -0.4 is 20.3 Å². The van der Waals surface area contributed by atoms with Crippen LogP contribution in [0.15, 0.2) is 0 Å². The average Bonchev–Trinajstić information content (AvgIpc) is 3.14. The quantitative estimate of drug-likeness (QED) is 0.591. The van der Waals surface area contributed by atoms with Crippen molar-refractivity contribution in [1.29, 1.82) is 0 Å². The lowest BCUT2D eigenvalue weighted by atomic mass is 9.85. The van der Waals surface area contributed by atoms with Crippen LogP contribution in [0.2, 0.25) is 0 Å². The third-order valence-electron chi connectivity index (χ3n) is 6.45. The Labute approximate surface area is 143 Å². The predicted molar refractivity (Wildman–Crippen MR) is 92.7 cm³/mol. The summed E-state index contributed by atoms with van der Waals surface area (Å²) >= 11 is 1.72. The minimum Gasteiger partial charge on any atom is -0.338 e. The van der Waals surface area contributed by atoms with E-state index in [1.165, 1.54) is 64.2 Å². The Morgan fingerprint density at radius 1 is 1.09 bits per heavy atom. The van der Waals surface area contributed by atoms with E-state index < -0.39 is 0 Å². The molecule has 4 fully saturated rings. The SMILES string of the molecule is O=C(NCC1CCCCC1)NC1SNC2CC3CCCCC3[NH+]21. The van der Waals surface area contributed by atoms with E-state index in [0.717, 1.165) is 18.5 Å². The zero-order chi connectivity index (χ0) is 15.6. The van der Waals surface area contributed by atoms with Gasteiger partial charge in [0.15, 0.2) is 6.17 Å². The third kappa shape index (κ3) is 3.49. The molecule has 4 aliphatic rings. The van der Waals surface area contributed by atoms with Crippen molar-refractivity contribution in [2.45, 2.75) is 81.9 Å². The van der Waals surface area contributed by atoms with E-state index >= 15 is 0 Å². The topological polar surface area (TPSA) is 57.6 Å². The number of nitrogens with one attached hydrogen (secondary N) is 4. The van der Waals surface area contributed by atoms with Crippen molar-refractivity contribution < 1.29 is 9.69 Å². The van der Waals surface area contributed by atoms with Gasteiger partial charge in [-0.2, -0.15) is 0 Å². The molecule has 0 bridgehead atoms. The zero-order valence-electron chi connectivity index (χ0n) is 14.0. The highest BCUT2D eigenvalue weighted by Crippen LogP contribution is 2.32. The van der Waals surface area contributed by atoms with Crippen molar-refractivity contribution in [3.8, 4) is 0 Å². The van der Waals surface area contributed by atoms with Gasteiger partial charge < -0.3 is 5.32 Å². The molecule has 2 aliphatic heterocycles. The molecule has 0 aromatic heterocycles. The summed E-state index contributed by atoms with van der Waals surface area (Å²) in [5, 5.41) is 6.36. The molecule has 5 unspecified atom stereocenters. The molecule has 4 rings (SSSR count). The smallest absolute Gasteiger partial charge is 0.320 e. The molecule has 4 N–H and O–H groups in total. The van der Waals surface area contributed by atoms with Gasteiger partial charge in [-0.15, -0.1) is 0 Å². The zero-order valence-corrected chi connectivity index (χ0v) is 14.8. The van der Waals surface area contributed by atoms with Gasteiger partial charge in [0.2, 0.25) is 5.50 Å². The summed E-state index contributed by atoms with van der Waals surface area (Å²) in [6.07, 6.45) is 13.9. The summed E-state index contributed by atoms with van der Waals surface area (Å²) in [5.41, 5.74) is 0.180. The molecule has 6 heteroatoms. The summed E-state index contributed by atoms with van der Waals surface area (Å²) in [6, 6.07) is 0.780. The molecule has 5 atom stereocenters. The van der Waals surface area contributed by atoms with Crippen molar-refractivity contribution in [2.75, 3.05) is 6.54 Å². The first-order valence-electron chi connectivity index (χ1n) is 9.63. The Hall–Kier alpha value is -0.460. The van der Waals surface area contributed by atoms with Gasteiger partial charge in [0.25, 0.3) is 0 Å². The first kappa shape index (κ1) is 16.0. The Morgan fingerprint density at radius 3 is 2.74 bits per heavy atom. The summed E-state index contributed by atoms with van der Waals surface area (Å²) in [5.74, 6) is 1.56. The second-order valence-corrected chi connectivity index (χ2v) is 8.86. The highest BCUT2D eigenvalue weighted by molar-refractivity contribution is 7.97. The molecule has 0 radical (unpaired) electrons. The molecule has 0 aromatic carbocycles. The number of quaternary nitrogens is 1. The molecule has 0 spiro atoms. The summed E-state index contributed by atoms with van der Waals surface area (Å²) < 4.78 is 3.57. The second-order valence-electron chi connectivity index (χ2n) is 7.91. The molecule has 5 nitrogen and oxygen atoms in total. The van der Waals surface area contributed by atoms with Crippen molar-refractivity contribution >= 4 is 18.0 Å². The molecule has 2 amide bonds. The van der Waals surface area contributed by atoms with Gasteiger partial charge in [0, 0.05) is 30.8 Å². The lowest BCUT2D eigenvalue weighted by Gasteiger charge is -2.31. The van der Waals surface area contributed by atoms with Crippen molar-refractivity contribution in [2.24, 2.45) is 11.8 Å². The molecule has 23 heavy (non-hydrogen) atoms. The van der Waals surface area contributed by atoms with Crippen molar-refractivity contribution in [1.82, 2.24) is 15.4 Å². The van der Waals surface area contributed by atoms with Crippen LogP contribution >= 0.6 is 11.9 Å². The Kier molecular flexibility index (Phi) is 5.02. The molecular weight excluding hydrogens is 308 g/mol. The Balaban J connectivity index is 1.27. The van der Waals surface area contributed by atoms with Gasteiger partial charge in [-0.05, 0) is 38.0 Å². The maximum atomic E-state index is 12.3. The number of amides is 2. The van der Waals surface area contributed by atoms with Crippen molar-refractivity contribution in [3.05, 3.63) is 0 Å². The predicted octanol–water partition coefficient (Wildman–Crippen LogP) is 1.57. The van der Waals surface area contributed by atoms with Crippen molar-refractivity contribution in [3.63, 3.8) is 0 Å². The van der Waals surface area contributed by atoms with Gasteiger partial charge in [-0.1, -0.05) is 25.7 Å². The first-order chi connectivity index (χ1) is 11.3. The Bertz CT molecular complexity index is 429. The minimum atomic E-state index is 0.0299. The number of hydrogen-bond donors (Lipinski definition) is 4. The van der Waals surface area contributed by atoms with E-state index in [4.69, 9.17) is 0 Å². The monoisotopic (exact) mass is 339 g/mol. The summed E-state index contributed by atoms with van der Waals surface area (Å²) in [4.78, 5) is 13.9. The maximum Gasteiger partial charge on any atom is 0.320 e. The normalized spacial score (nSPS) is 40.4. The molecule has 0 aromatic rings. The van der Waals surface area contributed by atoms with E-state index in [-0.39, 0.29) is 11.5 Å². The van der Waals surface area contributed by atoms with Gasteiger partial charge in [-0.25, -0.2) is 9.52 Å². The number of hydrogen-bond acceptors (Lipinski definition) is 3. The number of carbonyl (C=O) groups is 1. The lowest BCUT2D eigenvalue weighted by molar-refractivity contribution is -0.945. The largest absolute Gasteiger partial charge is 0.338 e. The van der Waals surface area contributed by atoms with E-state index in [1.54, 1.807) is 16.8 Å². The number of fused-ring (bicyclic) bond motifs is 3. The fraction of sp³-hybridized carbons (Fsp3) is 0.941. The van der Waals surface area contributed by atoms with Crippen LogP contribution in [0.25, 0.3) is 0 Å². The summed E-state index contributed by atoms with van der Waals surface area (Å²) in [6.45, 7) is 0.849. The molecule has 2 saturated carbocycles. The maximum absolute atomic E-state index is 12.3. The van der Waals surface area contributed by atoms with E-state index in [9.17, 15) is 4.79 Å². The fourth-order valence-corrected chi connectivity index (χ4v) is 6.42. The van der Waals surface area contributed by atoms with E-state index in [0.29, 0.717) is 12.1 Å². The van der Waals surface area contributed by atoms with Crippen LogP contribution in [0.1, 0.15) is 64.2 Å². The molecule has 130 valence electrons. The van der Waals surface area contributed by atoms with Crippen LogP contribution in [-0.2, 0) is 0 Å².